The number of halogens is 1. The average Bonchev–Trinajstić information content (AvgIpc) is 2.71. The second-order valence-corrected chi connectivity index (χ2v) is 7.65. The van der Waals surface area contributed by atoms with Gasteiger partial charge in [0.15, 0.2) is 5.65 Å². The molecule has 152 valence electrons. The van der Waals surface area contributed by atoms with Gasteiger partial charge in [0.2, 0.25) is 5.62 Å². The van der Waals surface area contributed by atoms with E-state index in [0.717, 1.165) is 42.2 Å². The molecular weight excluding hydrogens is 383 g/mol. The van der Waals surface area contributed by atoms with E-state index in [1.54, 1.807) is 13.8 Å². The first-order valence-corrected chi connectivity index (χ1v) is 9.56. The van der Waals surface area contributed by atoms with Gasteiger partial charge in [-0.05, 0) is 50.5 Å². The summed E-state index contributed by atoms with van der Waals surface area (Å²) in [5.74, 6) is 5.84. The number of hydrogen-bond acceptors (Lipinski definition) is 6. The van der Waals surface area contributed by atoms with Crippen LogP contribution in [0.4, 0.5) is 15.9 Å². The van der Waals surface area contributed by atoms with Crippen LogP contribution in [0.15, 0.2) is 30.5 Å². The molecule has 8 heteroatoms. The van der Waals surface area contributed by atoms with Gasteiger partial charge >= 0.3 is 0 Å². The Balaban J connectivity index is 1.94. The number of nitrogens with one attached hydrogen (secondary N) is 2. The predicted molar refractivity (Wildman–Crippen MR) is 112 cm³/mol. The highest BCUT2D eigenvalue weighted by molar-refractivity contribution is 5.92. The lowest BCUT2D eigenvalue weighted by Gasteiger charge is -2.32. The molecule has 1 aromatic carbocycles. The SMILES string of the molecule is CC(C)(O)C#Cc1cccc2c1CCCN2c1nc(=N)n(C=N)c2ncc(F)cc12. The van der Waals surface area contributed by atoms with Crippen LogP contribution in [-0.2, 0) is 6.42 Å². The van der Waals surface area contributed by atoms with Gasteiger partial charge in [-0.1, -0.05) is 17.9 Å². The molecule has 0 aliphatic carbocycles. The van der Waals surface area contributed by atoms with Crippen LogP contribution in [0.2, 0.25) is 0 Å². The Morgan fingerprint density at radius 3 is 2.87 bits per heavy atom. The molecule has 0 fully saturated rings. The van der Waals surface area contributed by atoms with Gasteiger partial charge in [0, 0.05) is 17.8 Å². The van der Waals surface area contributed by atoms with E-state index in [9.17, 15) is 9.50 Å². The minimum Gasteiger partial charge on any atom is -0.378 e. The Morgan fingerprint density at radius 1 is 1.33 bits per heavy atom. The zero-order valence-corrected chi connectivity index (χ0v) is 16.7. The minimum absolute atomic E-state index is 0.156. The molecule has 0 saturated heterocycles. The molecule has 2 aromatic heterocycles. The van der Waals surface area contributed by atoms with Crippen molar-refractivity contribution in [3.63, 3.8) is 0 Å². The third-order valence-electron chi connectivity index (χ3n) is 4.88. The number of aromatic nitrogens is 3. The van der Waals surface area contributed by atoms with E-state index in [4.69, 9.17) is 10.8 Å². The molecule has 4 rings (SSSR count). The van der Waals surface area contributed by atoms with Crippen LogP contribution in [0.3, 0.4) is 0 Å². The Hall–Kier alpha value is -3.57. The molecule has 0 amide bonds. The van der Waals surface area contributed by atoms with E-state index >= 15 is 0 Å². The number of benzene rings is 1. The van der Waals surface area contributed by atoms with E-state index in [0.29, 0.717) is 23.4 Å². The molecule has 0 radical (unpaired) electrons. The van der Waals surface area contributed by atoms with Crippen LogP contribution in [0, 0.1) is 28.5 Å². The fourth-order valence-corrected chi connectivity index (χ4v) is 3.61. The zero-order valence-electron chi connectivity index (χ0n) is 16.7. The lowest BCUT2D eigenvalue weighted by Crippen LogP contribution is -2.31. The van der Waals surface area contributed by atoms with Gasteiger partial charge in [-0.2, -0.15) is 4.98 Å². The highest BCUT2D eigenvalue weighted by Crippen LogP contribution is 2.36. The van der Waals surface area contributed by atoms with Crippen LogP contribution in [0.5, 0.6) is 0 Å². The van der Waals surface area contributed by atoms with E-state index in [1.807, 2.05) is 23.1 Å². The van der Waals surface area contributed by atoms with E-state index < -0.39 is 11.4 Å². The number of anilines is 2. The molecular formula is C22H21FN6O. The van der Waals surface area contributed by atoms with Crippen molar-refractivity contribution in [1.29, 1.82) is 10.8 Å². The summed E-state index contributed by atoms with van der Waals surface area (Å²) in [7, 11) is 0. The quantitative estimate of drug-likeness (QED) is 0.347. The highest BCUT2D eigenvalue weighted by Gasteiger charge is 2.24. The number of aliphatic hydroxyl groups is 1. The summed E-state index contributed by atoms with van der Waals surface area (Å²) in [5.41, 5.74) is 1.77. The predicted octanol–water partition coefficient (Wildman–Crippen LogP) is 2.71. The summed E-state index contributed by atoms with van der Waals surface area (Å²) in [6, 6.07) is 7.08. The van der Waals surface area contributed by atoms with Crippen molar-refractivity contribution in [1.82, 2.24) is 14.5 Å². The molecule has 0 spiro atoms. The van der Waals surface area contributed by atoms with Crippen molar-refractivity contribution in [2.24, 2.45) is 0 Å². The van der Waals surface area contributed by atoms with Gasteiger partial charge in [0.05, 0.1) is 17.9 Å². The van der Waals surface area contributed by atoms with Gasteiger partial charge in [-0.25, -0.2) is 9.37 Å². The Kier molecular flexibility index (Phi) is 4.84. The van der Waals surface area contributed by atoms with Crippen LogP contribution in [0.1, 0.15) is 31.4 Å². The fraction of sp³-hybridized carbons (Fsp3) is 0.273. The van der Waals surface area contributed by atoms with Crippen LogP contribution >= 0.6 is 0 Å². The van der Waals surface area contributed by atoms with Crippen LogP contribution < -0.4 is 10.5 Å². The molecule has 30 heavy (non-hydrogen) atoms. The zero-order chi connectivity index (χ0) is 21.5. The van der Waals surface area contributed by atoms with E-state index in [2.05, 4.69) is 21.8 Å². The van der Waals surface area contributed by atoms with E-state index in [-0.39, 0.29) is 5.62 Å². The maximum absolute atomic E-state index is 14.0. The Labute approximate surface area is 172 Å². The molecule has 3 heterocycles. The number of pyridine rings is 1. The number of nitrogens with zero attached hydrogens (tertiary/aromatic N) is 4. The monoisotopic (exact) mass is 404 g/mol. The normalized spacial score (nSPS) is 13.5. The first-order chi connectivity index (χ1) is 14.3. The van der Waals surface area contributed by atoms with Gasteiger partial charge < -0.3 is 10.0 Å². The molecule has 0 saturated carbocycles. The van der Waals surface area contributed by atoms with E-state index in [1.165, 1.54) is 10.6 Å². The molecule has 0 unspecified atom stereocenters. The third-order valence-corrected chi connectivity index (χ3v) is 4.88. The van der Waals surface area contributed by atoms with Crippen molar-refractivity contribution >= 4 is 28.9 Å². The first kappa shape index (κ1) is 19.7. The summed E-state index contributed by atoms with van der Waals surface area (Å²) in [4.78, 5) is 10.4. The average molecular weight is 404 g/mol. The highest BCUT2D eigenvalue weighted by atomic mass is 19.1. The molecule has 3 N–H and O–H groups in total. The van der Waals surface area contributed by atoms with Gasteiger partial charge in [0.25, 0.3) is 0 Å². The second-order valence-electron chi connectivity index (χ2n) is 7.65. The summed E-state index contributed by atoms with van der Waals surface area (Å²) in [6.45, 7) is 3.91. The summed E-state index contributed by atoms with van der Waals surface area (Å²) in [6.07, 6.45) is 3.65. The van der Waals surface area contributed by atoms with Gasteiger partial charge in [-0.15, -0.1) is 0 Å². The maximum atomic E-state index is 14.0. The standard InChI is InChI=1S/C22H21FN6O/c1-22(2,30)9-8-14-5-3-7-18-16(14)6-4-10-28(18)20-17-11-15(23)12-26-19(17)29(13-24)21(25)27-20/h3,5,7,11-13,24-25,30H,4,6,10H2,1-2H3. The largest absolute Gasteiger partial charge is 0.378 e. The van der Waals surface area contributed by atoms with Crippen molar-refractivity contribution in [3.8, 4) is 11.8 Å². The van der Waals surface area contributed by atoms with Crippen molar-refractivity contribution in [2.45, 2.75) is 32.3 Å². The summed E-state index contributed by atoms with van der Waals surface area (Å²) in [5, 5.41) is 26.2. The molecule has 1 aliphatic heterocycles. The van der Waals surface area contributed by atoms with Crippen LogP contribution in [-0.4, -0.2) is 38.1 Å². The topological polar surface area (TPSA) is 102 Å². The molecule has 0 bridgehead atoms. The third kappa shape index (κ3) is 3.55. The molecule has 0 atom stereocenters. The Morgan fingerprint density at radius 2 is 2.13 bits per heavy atom. The summed E-state index contributed by atoms with van der Waals surface area (Å²) < 4.78 is 15.2. The van der Waals surface area contributed by atoms with Crippen molar-refractivity contribution in [2.75, 3.05) is 11.4 Å². The molecule has 1 aliphatic rings. The lowest BCUT2D eigenvalue weighted by molar-refractivity contribution is 0.143. The first-order valence-electron chi connectivity index (χ1n) is 9.56. The van der Waals surface area contributed by atoms with Gasteiger partial charge in [-0.3, -0.25) is 15.4 Å². The molecule has 3 aromatic rings. The van der Waals surface area contributed by atoms with Crippen molar-refractivity contribution in [3.05, 3.63) is 53.0 Å². The Bertz CT molecular complexity index is 1280. The molecule has 7 nitrogen and oxygen atoms in total. The van der Waals surface area contributed by atoms with Crippen LogP contribution in [0.25, 0.3) is 11.0 Å². The minimum atomic E-state index is -1.10. The number of rotatable bonds is 2. The smallest absolute Gasteiger partial charge is 0.231 e. The second kappa shape index (κ2) is 7.35. The summed E-state index contributed by atoms with van der Waals surface area (Å²) >= 11 is 0. The maximum Gasteiger partial charge on any atom is 0.231 e. The lowest BCUT2D eigenvalue weighted by atomic mass is 9.95. The van der Waals surface area contributed by atoms with Crippen molar-refractivity contribution < 1.29 is 9.50 Å². The number of hydrogen-bond donors (Lipinski definition) is 3. The van der Waals surface area contributed by atoms with Gasteiger partial charge in [0.1, 0.15) is 17.2 Å². The number of fused-ring (bicyclic) bond motifs is 2. The fourth-order valence-electron chi connectivity index (χ4n) is 3.61.